The van der Waals surface area contributed by atoms with E-state index in [9.17, 15) is 19.1 Å². The zero-order valence-electron chi connectivity index (χ0n) is 10.5. The van der Waals surface area contributed by atoms with Crippen LogP contribution >= 0.6 is 0 Å². The van der Waals surface area contributed by atoms with Crippen molar-refractivity contribution in [2.24, 2.45) is 0 Å². The van der Waals surface area contributed by atoms with Gasteiger partial charge in [-0.3, -0.25) is 4.79 Å². The minimum absolute atomic E-state index is 0.0131. The molecule has 0 radical (unpaired) electrons. The van der Waals surface area contributed by atoms with Crippen LogP contribution in [0.3, 0.4) is 0 Å². The van der Waals surface area contributed by atoms with Crippen molar-refractivity contribution in [1.82, 2.24) is 4.90 Å². The summed E-state index contributed by atoms with van der Waals surface area (Å²) >= 11 is 0. The van der Waals surface area contributed by atoms with Crippen LogP contribution in [0.5, 0.6) is 5.75 Å². The Morgan fingerprint density at radius 2 is 2.10 bits per heavy atom. The summed E-state index contributed by atoms with van der Waals surface area (Å²) in [5, 5.41) is 18.4. The molecule has 2 rings (SSSR count). The van der Waals surface area contributed by atoms with E-state index in [1.54, 1.807) is 6.07 Å². The fraction of sp³-hybridized carbons (Fsp3) is 0.385. The summed E-state index contributed by atoms with van der Waals surface area (Å²) < 4.78 is 18.3. The summed E-state index contributed by atoms with van der Waals surface area (Å²) in [4.78, 5) is 23.9. The van der Waals surface area contributed by atoms with E-state index in [0.29, 0.717) is 0 Å². The number of carbonyl (C=O) groups excluding carboxylic acids is 1. The van der Waals surface area contributed by atoms with Gasteiger partial charge in [0.15, 0.2) is 18.2 Å². The maximum Gasteiger partial charge on any atom is 0.326 e. The number of benzene rings is 1. The molecule has 7 heteroatoms. The number of rotatable bonds is 4. The third-order valence-corrected chi connectivity index (χ3v) is 3.07. The number of carboxylic acid groups (broad SMARTS) is 1. The number of likely N-dealkylation sites (tertiary alicyclic amines) is 1. The average molecular weight is 283 g/mol. The number of aliphatic hydroxyl groups is 1. The summed E-state index contributed by atoms with van der Waals surface area (Å²) in [6, 6.07) is 4.54. The maximum atomic E-state index is 13.3. The Morgan fingerprint density at radius 3 is 2.75 bits per heavy atom. The first kappa shape index (κ1) is 14.3. The second-order valence-corrected chi connectivity index (χ2v) is 4.51. The first-order valence-electron chi connectivity index (χ1n) is 6.06. The number of amides is 1. The number of carbonyl (C=O) groups is 2. The molecule has 6 nitrogen and oxygen atoms in total. The number of aliphatic hydroxyl groups excluding tert-OH is 1. The van der Waals surface area contributed by atoms with Gasteiger partial charge in [-0.15, -0.1) is 0 Å². The van der Waals surface area contributed by atoms with Crippen molar-refractivity contribution < 1.29 is 28.9 Å². The molecule has 1 aromatic rings. The molecule has 1 saturated heterocycles. The van der Waals surface area contributed by atoms with E-state index in [1.165, 1.54) is 18.2 Å². The number of β-amino-alcohol motifs (C(OH)–C–C–N with tert-alkyl or cyclic N) is 1. The van der Waals surface area contributed by atoms with Gasteiger partial charge in [-0.2, -0.15) is 0 Å². The molecule has 0 unspecified atom stereocenters. The number of hydrogen-bond acceptors (Lipinski definition) is 4. The molecule has 1 heterocycles. The maximum absolute atomic E-state index is 13.3. The van der Waals surface area contributed by atoms with Crippen LogP contribution in [0, 0.1) is 5.82 Å². The SMILES string of the molecule is O=C(O)[C@@H]1C[C@H](O)CN1C(=O)COc1ccccc1F. The Kier molecular flexibility index (Phi) is 4.19. The van der Waals surface area contributed by atoms with Crippen molar-refractivity contribution in [3.05, 3.63) is 30.1 Å². The molecule has 0 spiro atoms. The van der Waals surface area contributed by atoms with Gasteiger partial charge in [0.2, 0.25) is 0 Å². The Balaban J connectivity index is 1.98. The topological polar surface area (TPSA) is 87.1 Å². The molecule has 20 heavy (non-hydrogen) atoms. The summed E-state index contributed by atoms with van der Waals surface area (Å²) in [6.45, 7) is -0.534. The summed E-state index contributed by atoms with van der Waals surface area (Å²) in [7, 11) is 0. The van der Waals surface area contributed by atoms with Gasteiger partial charge in [0.1, 0.15) is 6.04 Å². The summed E-state index contributed by atoms with van der Waals surface area (Å²) in [6.07, 6.45) is -0.880. The van der Waals surface area contributed by atoms with Gasteiger partial charge in [-0.25, -0.2) is 9.18 Å². The van der Waals surface area contributed by atoms with Crippen LogP contribution in [0.1, 0.15) is 6.42 Å². The van der Waals surface area contributed by atoms with Crippen LogP contribution in [-0.4, -0.2) is 52.3 Å². The zero-order valence-corrected chi connectivity index (χ0v) is 10.5. The predicted octanol–water partition coefficient (Wildman–Crippen LogP) is 0.251. The Morgan fingerprint density at radius 1 is 1.40 bits per heavy atom. The van der Waals surface area contributed by atoms with Gasteiger partial charge in [0.05, 0.1) is 6.10 Å². The number of aliphatic carboxylic acids is 1. The lowest BCUT2D eigenvalue weighted by atomic mass is 10.2. The minimum atomic E-state index is -1.18. The predicted molar refractivity (Wildman–Crippen MR) is 65.7 cm³/mol. The molecule has 0 saturated carbocycles. The Bertz CT molecular complexity index is 521. The van der Waals surface area contributed by atoms with Gasteiger partial charge in [0.25, 0.3) is 5.91 Å². The Hall–Kier alpha value is -2.15. The summed E-state index contributed by atoms with van der Waals surface area (Å²) in [5.74, 6) is -2.46. The fourth-order valence-electron chi connectivity index (χ4n) is 2.11. The highest BCUT2D eigenvalue weighted by Crippen LogP contribution is 2.20. The Labute approximate surface area is 114 Å². The second-order valence-electron chi connectivity index (χ2n) is 4.51. The van der Waals surface area contributed by atoms with E-state index < -0.39 is 36.4 Å². The minimum Gasteiger partial charge on any atom is -0.481 e. The van der Waals surface area contributed by atoms with E-state index in [2.05, 4.69) is 0 Å². The van der Waals surface area contributed by atoms with Gasteiger partial charge >= 0.3 is 5.97 Å². The number of ether oxygens (including phenoxy) is 1. The monoisotopic (exact) mass is 283 g/mol. The standard InChI is InChI=1S/C13H14FNO5/c14-9-3-1-2-4-11(9)20-7-12(17)15-6-8(16)5-10(15)13(18)19/h1-4,8,10,16H,5-7H2,(H,18,19)/t8-,10-/m0/s1. The molecular formula is C13H14FNO5. The molecule has 1 amide bonds. The molecule has 1 aliphatic heterocycles. The van der Waals surface area contributed by atoms with Gasteiger partial charge in [0, 0.05) is 13.0 Å². The molecule has 1 fully saturated rings. The smallest absolute Gasteiger partial charge is 0.326 e. The van der Waals surface area contributed by atoms with Crippen LogP contribution in [0.25, 0.3) is 0 Å². The highest BCUT2D eigenvalue weighted by atomic mass is 19.1. The van der Waals surface area contributed by atoms with Crippen molar-refractivity contribution >= 4 is 11.9 Å². The van der Waals surface area contributed by atoms with E-state index >= 15 is 0 Å². The normalized spacial score (nSPS) is 21.8. The van der Waals surface area contributed by atoms with Crippen LogP contribution in [0.4, 0.5) is 4.39 Å². The van der Waals surface area contributed by atoms with Crippen LogP contribution < -0.4 is 4.74 Å². The van der Waals surface area contributed by atoms with E-state index in [4.69, 9.17) is 9.84 Å². The van der Waals surface area contributed by atoms with Crippen molar-refractivity contribution in [3.63, 3.8) is 0 Å². The zero-order chi connectivity index (χ0) is 14.7. The lowest BCUT2D eigenvalue weighted by Crippen LogP contribution is -2.43. The first-order chi connectivity index (χ1) is 9.49. The van der Waals surface area contributed by atoms with Gasteiger partial charge < -0.3 is 19.8 Å². The van der Waals surface area contributed by atoms with E-state index in [1.807, 2.05) is 0 Å². The van der Waals surface area contributed by atoms with E-state index in [0.717, 1.165) is 4.90 Å². The van der Waals surface area contributed by atoms with Crippen molar-refractivity contribution in [1.29, 1.82) is 0 Å². The highest BCUT2D eigenvalue weighted by Gasteiger charge is 2.38. The fourth-order valence-corrected chi connectivity index (χ4v) is 2.11. The van der Waals surface area contributed by atoms with Gasteiger partial charge in [-0.1, -0.05) is 12.1 Å². The number of halogens is 1. The molecule has 0 aromatic heterocycles. The number of para-hydroxylation sites is 1. The quantitative estimate of drug-likeness (QED) is 0.827. The second kappa shape index (κ2) is 5.87. The molecule has 2 N–H and O–H groups in total. The largest absolute Gasteiger partial charge is 0.481 e. The molecule has 108 valence electrons. The number of hydrogen-bond donors (Lipinski definition) is 2. The number of nitrogens with zero attached hydrogens (tertiary/aromatic N) is 1. The van der Waals surface area contributed by atoms with E-state index in [-0.39, 0.29) is 18.7 Å². The molecule has 0 bridgehead atoms. The number of carboxylic acids is 1. The van der Waals surface area contributed by atoms with Crippen molar-refractivity contribution in [2.75, 3.05) is 13.2 Å². The first-order valence-corrected chi connectivity index (χ1v) is 6.06. The average Bonchev–Trinajstić information content (AvgIpc) is 2.80. The van der Waals surface area contributed by atoms with Crippen LogP contribution in [0.15, 0.2) is 24.3 Å². The van der Waals surface area contributed by atoms with Crippen molar-refractivity contribution in [2.45, 2.75) is 18.6 Å². The summed E-state index contributed by atoms with van der Waals surface area (Å²) in [5.41, 5.74) is 0. The lowest BCUT2D eigenvalue weighted by Gasteiger charge is -2.21. The third-order valence-electron chi connectivity index (χ3n) is 3.07. The van der Waals surface area contributed by atoms with Crippen LogP contribution in [-0.2, 0) is 9.59 Å². The lowest BCUT2D eigenvalue weighted by molar-refractivity contribution is -0.149. The molecule has 1 aromatic carbocycles. The molecule has 0 aliphatic carbocycles. The van der Waals surface area contributed by atoms with Gasteiger partial charge in [-0.05, 0) is 12.1 Å². The third kappa shape index (κ3) is 3.05. The molecule has 1 aliphatic rings. The highest BCUT2D eigenvalue weighted by molar-refractivity contribution is 5.85. The van der Waals surface area contributed by atoms with Crippen LogP contribution in [0.2, 0.25) is 0 Å². The van der Waals surface area contributed by atoms with Crippen molar-refractivity contribution in [3.8, 4) is 5.75 Å². The molecule has 2 atom stereocenters. The molecular weight excluding hydrogens is 269 g/mol.